The summed E-state index contributed by atoms with van der Waals surface area (Å²) < 4.78 is 14.6. The first kappa shape index (κ1) is 27.2. The van der Waals surface area contributed by atoms with Crippen molar-refractivity contribution in [3.05, 3.63) is 70.7 Å². The van der Waals surface area contributed by atoms with Crippen LogP contribution in [0.3, 0.4) is 0 Å². The fourth-order valence-corrected chi connectivity index (χ4v) is 5.11. The number of fused-ring (bicyclic) bond motifs is 1. The summed E-state index contributed by atoms with van der Waals surface area (Å²) in [4.78, 5) is 55.0. The number of likely N-dealkylation sites (N-methyl/N-ethyl adjacent to an activating group) is 1. The third-order valence-electron chi connectivity index (χ3n) is 7.30. The molecule has 0 radical (unpaired) electrons. The standard InChI is InChI=1S/C30H34FN3O4/c1-5-6-27(35)34-18-25(28(36)30(38)32(3)4)24-17-23(19(2)15-26(24)34)29(37)33-13-11-21(12-14-33)16-20-7-9-22(31)10-8-20/h7-10,15,17-18,21H,5-6,11-14,16H2,1-4H3. The molecule has 0 unspecified atom stereocenters. The zero-order valence-electron chi connectivity index (χ0n) is 22.4. The molecule has 2 amide bonds. The molecule has 2 heterocycles. The van der Waals surface area contributed by atoms with Gasteiger partial charge in [-0.05, 0) is 73.9 Å². The van der Waals surface area contributed by atoms with Crippen molar-refractivity contribution in [2.75, 3.05) is 27.2 Å². The normalized spacial score (nSPS) is 14.1. The molecule has 1 aliphatic heterocycles. The molecule has 0 bridgehead atoms. The van der Waals surface area contributed by atoms with E-state index in [1.165, 1.54) is 41.9 Å². The molecule has 0 N–H and O–H groups in total. The molecule has 7 nitrogen and oxygen atoms in total. The number of nitrogens with zero attached hydrogens (tertiary/aromatic N) is 3. The summed E-state index contributed by atoms with van der Waals surface area (Å²) >= 11 is 0. The van der Waals surface area contributed by atoms with Crippen molar-refractivity contribution in [1.82, 2.24) is 14.4 Å². The van der Waals surface area contributed by atoms with E-state index in [0.717, 1.165) is 24.8 Å². The van der Waals surface area contributed by atoms with Gasteiger partial charge in [-0.15, -0.1) is 0 Å². The van der Waals surface area contributed by atoms with Gasteiger partial charge in [0.1, 0.15) is 5.82 Å². The molecule has 3 aromatic rings. The Balaban J connectivity index is 1.60. The van der Waals surface area contributed by atoms with Gasteiger partial charge in [-0.3, -0.25) is 23.7 Å². The molecule has 2 aromatic carbocycles. The molecule has 1 aromatic heterocycles. The number of hydrogen-bond acceptors (Lipinski definition) is 4. The number of halogens is 1. The molecular formula is C30H34FN3O4. The first-order chi connectivity index (χ1) is 18.1. The summed E-state index contributed by atoms with van der Waals surface area (Å²) in [6, 6.07) is 9.98. The highest BCUT2D eigenvalue weighted by atomic mass is 19.1. The van der Waals surface area contributed by atoms with E-state index in [1.54, 1.807) is 12.1 Å². The Bertz CT molecular complexity index is 1380. The number of benzene rings is 2. The van der Waals surface area contributed by atoms with Crippen LogP contribution in [0, 0.1) is 18.7 Å². The second-order valence-electron chi connectivity index (χ2n) is 10.3. The predicted octanol–water partition coefficient (Wildman–Crippen LogP) is 4.89. The molecule has 0 aliphatic carbocycles. The molecule has 38 heavy (non-hydrogen) atoms. The van der Waals surface area contributed by atoms with Gasteiger partial charge in [0.2, 0.25) is 5.91 Å². The summed E-state index contributed by atoms with van der Waals surface area (Å²) in [5.74, 6) is -1.55. The molecule has 0 saturated carbocycles. The largest absolute Gasteiger partial charge is 0.342 e. The monoisotopic (exact) mass is 519 g/mol. The Labute approximate surface area is 222 Å². The van der Waals surface area contributed by atoms with Crippen LogP contribution in [0.5, 0.6) is 0 Å². The van der Waals surface area contributed by atoms with Crippen molar-refractivity contribution in [3.63, 3.8) is 0 Å². The van der Waals surface area contributed by atoms with E-state index in [1.807, 2.05) is 30.9 Å². The van der Waals surface area contributed by atoms with Crippen LogP contribution in [0.25, 0.3) is 10.9 Å². The number of aromatic nitrogens is 1. The van der Waals surface area contributed by atoms with Gasteiger partial charge in [0.05, 0.1) is 11.1 Å². The molecule has 1 aliphatic rings. The van der Waals surface area contributed by atoms with Crippen molar-refractivity contribution in [2.24, 2.45) is 5.92 Å². The summed E-state index contributed by atoms with van der Waals surface area (Å²) in [6.45, 7) is 4.92. The first-order valence-electron chi connectivity index (χ1n) is 13.1. The van der Waals surface area contributed by atoms with Gasteiger partial charge >= 0.3 is 0 Å². The first-order valence-corrected chi connectivity index (χ1v) is 13.1. The molecule has 1 saturated heterocycles. The summed E-state index contributed by atoms with van der Waals surface area (Å²) in [5, 5.41) is 0.426. The van der Waals surface area contributed by atoms with E-state index in [0.29, 0.717) is 53.9 Å². The van der Waals surface area contributed by atoms with Crippen molar-refractivity contribution < 1.29 is 23.6 Å². The SMILES string of the molecule is CCCC(=O)n1cc(C(=O)C(=O)N(C)C)c2cc(C(=O)N3CCC(Cc4ccc(F)cc4)CC3)c(C)cc21. The molecule has 4 rings (SSSR count). The predicted molar refractivity (Wildman–Crippen MR) is 144 cm³/mol. The van der Waals surface area contributed by atoms with E-state index >= 15 is 0 Å². The summed E-state index contributed by atoms with van der Waals surface area (Å²) in [7, 11) is 3.00. The van der Waals surface area contributed by atoms with Crippen LogP contribution in [-0.4, -0.2) is 65.1 Å². The number of amides is 2. The fourth-order valence-electron chi connectivity index (χ4n) is 5.11. The van der Waals surface area contributed by atoms with Gasteiger partial charge in [0.25, 0.3) is 17.6 Å². The van der Waals surface area contributed by atoms with Gasteiger partial charge in [-0.1, -0.05) is 19.1 Å². The van der Waals surface area contributed by atoms with Gasteiger partial charge in [-0.25, -0.2) is 4.39 Å². The zero-order chi connectivity index (χ0) is 27.6. The van der Waals surface area contributed by atoms with Crippen molar-refractivity contribution >= 4 is 34.4 Å². The number of ketones is 1. The average Bonchev–Trinajstić information content (AvgIpc) is 3.27. The second-order valence-corrected chi connectivity index (χ2v) is 10.3. The highest BCUT2D eigenvalue weighted by molar-refractivity contribution is 6.45. The minimum absolute atomic E-state index is 0.121. The Hall–Kier alpha value is -3.81. The van der Waals surface area contributed by atoms with E-state index in [2.05, 4.69) is 0 Å². The van der Waals surface area contributed by atoms with Crippen LogP contribution in [0.2, 0.25) is 0 Å². The van der Waals surface area contributed by atoms with Crippen LogP contribution < -0.4 is 0 Å². The molecule has 200 valence electrons. The zero-order valence-corrected chi connectivity index (χ0v) is 22.4. The van der Waals surface area contributed by atoms with E-state index in [-0.39, 0.29) is 23.2 Å². The fraction of sp³-hybridized carbons (Fsp3) is 0.400. The van der Waals surface area contributed by atoms with Crippen LogP contribution in [0.1, 0.15) is 69.2 Å². The van der Waals surface area contributed by atoms with Crippen molar-refractivity contribution in [1.29, 1.82) is 0 Å². The molecule has 0 atom stereocenters. The lowest BCUT2D eigenvalue weighted by molar-refractivity contribution is -0.124. The van der Waals surface area contributed by atoms with Gasteiger partial charge in [-0.2, -0.15) is 0 Å². The second kappa shape index (κ2) is 11.3. The van der Waals surface area contributed by atoms with Crippen LogP contribution in [0.4, 0.5) is 4.39 Å². The summed E-state index contributed by atoms with van der Waals surface area (Å²) in [5.41, 5.74) is 2.89. The molecule has 0 spiro atoms. The Morgan fingerprint density at radius 2 is 1.66 bits per heavy atom. The number of hydrogen-bond donors (Lipinski definition) is 0. The third-order valence-corrected chi connectivity index (χ3v) is 7.30. The topological polar surface area (TPSA) is 79.7 Å². The molecular weight excluding hydrogens is 485 g/mol. The van der Waals surface area contributed by atoms with Gasteiger partial charge in [0.15, 0.2) is 0 Å². The maximum Gasteiger partial charge on any atom is 0.294 e. The molecule has 1 fully saturated rings. The average molecular weight is 520 g/mol. The Morgan fingerprint density at radius 3 is 2.26 bits per heavy atom. The lowest BCUT2D eigenvalue weighted by Gasteiger charge is -2.32. The van der Waals surface area contributed by atoms with Gasteiger partial charge < -0.3 is 9.80 Å². The minimum Gasteiger partial charge on any atom is -0.342 e. The number of rotatable bonds is 7. The highest BCUT2D eigenvalue weighted by Gasteiger charge is 2.28. The van der Waals surface area contributed by atoms with Crippen molar-refractivity contribution in [3.8, 4) is 0 Å². The number of piperidine rings is 1. The number of aryl methyl sites for hydroxylation is 1. The number of likely N-dealkylation sites (tertiary alicyclic amines) is 1. The Kier molecular flexibility index (Phi) is 8.09. The van der Waals surface area contributed by atoms with E-state index in [9.17, 15) is 23.6 Å². The van der Waals surface area contributed by atoms with Gasteiger partial charge in [0, 0.05) is 50.8 Å². The van der Waals surface area contributed by atoms with Crippen LogP contribution in [-0.2, 0) is 11.2 Å². The van der Waals surface area contributed by atoms with E-state index in [4.69, 9.17) is 0 Å². The number of carbonyl (C=O) groups excluding carboxylic acids is 4. The van der Waals surface area contributed by atoms with Crippen molar-refractivity contribution in [2.45, 2.75) is 46.0 Å². The minimum atomic E-state index is -0.716. The lowest BCUT2D eigenvalue weighted by Crippen LogP contribution is -2.39. The maximum absolute atomic E-state index is 13.6. The van der Waals surface area contributed by atoms with Crippen LogP contribution >= 0.6 is 0 Å². The maximum atomic E-state index is 13.6. The van der Waals surface area contributed by atoms with E-state index < -0.39 is 11.7 Å². The lowest BCUT2D eigenvalue weighted by atomic mass is 9.89. The number of Topliss-reactive ketones (excluding diaryl/α,β-unsaturated/α-hetero) is 1. The third kappa shape index (κ3) is 5.54. The Morgan fingerprint density at radius 1 is 1.00 bits per heavy atom. The summed E-state index contributed by atoms with van der Waals surface area (Å²) in [6.07, 6.45) is 4.90. The molecule has 8 heteroatoms. The number of carbonyl (C=O) groups is 4. The highest BCUT2D eigenvalue weighted by Crippen LogP contribution is 2.29. The van der Waals surface area contributed by atoms with Crippen LogP contribution in [0.15, 0.2) is 42.6 Å². The smallest absolute Gasteiger partial charge is 0.294 e. The quantitative estimate of drug-likeness (QED) is 0.329.